The number of anilines is 1. The van der Waals surface area contributed by atoms with Crippen LogP contribution >= 0.6 is 23.2 Å². The van der Waals surface area contributed by atoms with Crippen LogP contribution in [0.1, 0.15) is 11.4 Å². The van der Waals surface area contributed by atoms with Crippen molar-refractivity contribution in [3.63, 3.8) is 0 Å². The molecule has 102 valence electrons. The molecule has 0 aliphatic heterocycles. The molecule has 0 bridgehead atoms. The van der Waals surface area contributed by atoms with Gasteiger partial charge in [-0.3, -0.25) is 0 Å². The summed E-state index contributed by atoms with van der Waals surface area (Å²) in [5.74, 6) is 0. The van der Waals surface area contributed by atoms with Crippen LogP contribution in [0.25, 0.3) is 5.65 Å². The van der Waals surface area contributed by atoms with Gasteiger partial charge in [-0.2, -0.15) is 0 Å². The highest BCUT2D eigenvalue weighted by Crippen LogP contribution is 2.30. The topological polar surface area (TPSA) is 29.3 Å². The number of aryl methyl sites for hydroxylation is 1. The molecular weight excluding hydrogens is 293 g/mol. The number of fused-ring (bicyclic) bond motifs is 1. The molecule has 3 nitrogen and oxygen atoms in total. The quantitative estimate of drug-likeness (QED) is 0.768. The Kier molecular flexibility index (Phi) is 3.55. The summed E-state index contributed by atoms with van der Waals surface area (Å²) in [6.07, 6.45) is 2.00. The van der Waals surface area contributed by atoms with E-state index in [0.717, 1.165) is 22.7 Å². The molecule has 2 heterocycles. The summed E-state index contributed by atoms with van der Waals surface area (Å²) in [5, 5.41) is 4.52. The van der Waals surface area contributed by atoms with Crippen LogP contribution in [0.4, 0.5) is 5.69 Å². The number of hydrogen-bond donors (Lipinski definition) is 1. The first-order valence-electron chi connectivity index (χ1n) is 6.27. The Balaban J connectivity index is 1.93. The van der Waals surface area contributed by atoms with Crippen molar-refractivity contribution < 1.29 is 0 Å². The first kappa shape index (κ1) is 13.3. The molecule has 3 aromatic rings. The molecule has 1 N–H and O–H groups in total. The second kappa shape index (κ2) is 5.35. The number of pyridine rings is 1. The Hall–Kier alpha value is -1.71. The summed E-state index contributed by atoms with van der Waals surface area (Å²) in [7, 11) is 0. The minimum Gasteiger partial charge on any atom is -0.377 e. The van der Waals surface area contributed by atoms with E-state index < -0.39 is 0 Å². The predicted molar refractivity (Wildman–Crippen MR) is 83.7 cm³/mol. The van der Waals surface area contributed by atoms with Gasteiger partial charge in [0, 0.05) is 6.20 Å². The standard InChI is InChI=1S/C15H13Cl2N3/c1-10-13(20-8-3-2-7-14(20)19-10)9-18-15-11(16)5-4-6-12(15)17/h2-8,18H,9H2,1H3. The maximum atomic E-state index is 6.16. The van der Waals surface area contributed by atoms with Gasteiger partial charge in [0.1, 0.15) is 5.65 Å². The van der Waals surface area contributed by atoms with E-state index in [0.29, 0.717) is 16.6 Å². The van der Waals surface area contributed by atoms with Gasteiger partial charge in [0.25, 0.3) is 0 Å². The molecule has 1 aromatic carbocycles. The molecule has 5 heteroatoms. The van der Waals surface area contributed by atoms with Crippen LogP contribution in [0.3, 0.4) is 0 Å². The van der Waals surface area contributed by atoms with Crippen LogP contribution in [0, 0.1) is 6.92 Å². The second-order valence-corrected chi connectivity index (χ2v) is 5.34. The van der Waals surface area contributed by atoms with Crippen molar-refractivity contribution in [1.29, 1.82) is 0 Å². The number of nitrogens with one attached hydrogen (secondary N) is 1. The summed E-state index contributed by atoms with van der Waals surface area (Å²) >= 11 is 12.3. The SMILES string of the molecule is Cc1nc2ccccn2c1CNc1c(Cl)cccc1Cl. The van der Waals surface area contributed by atoms with Gasteiger partial charge in [-0.25, -0.2) is 4.98 Å². The van der Waals surface area contributed by atoms with E-state index in [1.165, 1.54) is 0 Å². The first-order chi connectivity index (χ1) is 9.66. The van der Waals surface area contributed by atoms with Gasteiger partial charge in [0.05, 0.1) is 33.7 Å². The fourth-order valence-corrected chi connectivity index (χ4v) is 2.75. The van der Waals surface area contributed by atoms with Gasteiger partial charge in [-0.15, -0.1) is 0 Å². The van der Waals surface area contributed by atoms with Gasteiger partial charge in [-0.1, -0.05) is 35.3 Å². The smallest absolute Gasteiger partial charge is 0.137 e. The Morgan fingerprint density at radius 2 is 1.85 bits per heavy atom. The Morgan fingerprint density at radius 3 is 2.60 bits per heavy atom. The largest absolute Gasteiger partial charge is 0.377 e. The molecule has 0 saturated heterocycles. The zero-order valence-electron chi connectivity index (χ0n) is 10.9. The molecule has 0 atom stereocenters. The fourth-order valence-electron chi connectivity index (χ4n) is 2.22. The van der Waals surface area contributed by atoms with Crippen LogP contribution in [-0.2, 0) is 6.54 Å². The first-order valence-corrected chi connectivity index (χ1v) is 7.03. The zero-order chi connectivity index (χ0) is 14.1. The number of benzene rings is 1. The molecule has 0 radical (unpaired) electrons. The molecule has 0 fully saturated rings. The molecule has 0 spiro atoms. The molecule has 0 amide bonds. The summed E-state index contributed by atoms with van der Waals surface area (Å²) in [4.78, 5) is 4.53. The lowest BCUT2D eigenvalue weighted by Gasteiger charge is -2.10. The lowest BCUT2D eigenvalue weighted by molar-refractivity contribution is 0.987. The fraction of sp³-hybridized carbons (Fsp3) is 0.133. The van der Waals surface area contributed by atoms with E-state index in [4.69, 9.17) is 23.2 Å². The molecular formula is C15H13Cl2N3. The molecule has 20 heavy (non-hydrogen) atoms. The maximum absolute atomic E-state index is 6.16. The van der Waals surface area contributed by atoms with E-state index in [1.54, 1.807) is 0 Å². The monoisotopic (exact) mass is 305 g/mol. The number of imidazole rings is 1. The second-order valence-electron chi connectivity index (χ2n) is 4.52. The van der Waals surface area contributed by atoms with E-state index in [2.05, 4.69) is 14.7 Å². The molecule has 0 saturated carbocycles. The van der Waals surface area contributed by atoms with Gasteiger partial charge >= 0.3 is 0 Å². The van der Waals surface area contributed by atoms with Gasteiger partial charge in [-0.05, 0) is 31.2 Å². The van der Waals surface area contributed by atoms with E-state index in [-0.39, 0.29) is 0 Å². The third kappa shape index (κ3) is 2.35. The number of aromatic nitrogens is 2. The Labute approximate surface area is 127 Å². The van der Waals surface area contributed by atoms with Crippen molar-refractivity contribution in [3.8, 4) is 0 Å². The highest BCUT2D eigenvalue weighted by molar-refractivity contribution is 6.39. The molecule has 0 aliphatic carbocycles. The highest BCUT2D eigenvalue weighted by atomic mass is 35.5. The molecule has 0 unspecified atom stereocenters. The normalized spacial score (nSPS) is 10.9. The number of para-hydroxylation sites is 1. The van der Waals surface area contributed by atoms with Gasteiger partial charge in [0.15, 0.2) is 0 Å². The van der Waals surface area contributed by atoms with Crippen LogP contribution in [0.2, 0.25) is 10.0 Å². The average molecular weight is 306 g/mol. The number of halogens is 2. The summed E-state index contributed by atoms with van der Waals surface area (Å²) < 4.78 is 2.06. The minimum absolute atomic E-state index is 0.612. The number of rotatable bonds is 3. The van der Waals surface area contributed by atoms with Crippen LogP contribution in [-0.4, -0.2) is 9.38 Å². The van der Waals surface area contributed by atoms with Crippen molar-refractivity contribution >= 4 is 34.5 Å². The van der Waals surface area contributed by atoms with Crippen LogP contribution in [0.5, 0.6) is 0 Å². The molecule has 2 aromatic heterocycles. The Bertz CT molecular complexity index is 745. The van der Waals surface area contributed by atoms with Crippen LogP contribution < -0.4 is 5.32 Å². The summed E-state index contributed by atoms with van der Waals surface area (Å²) in [6.45, 7) is 2.61. The third-order valence-corrected chi connectivity index (χ3v) is 3.85. The summed E-state index contributed by atoms with van der Waals surface area (Å²) in [5.41, 5.74) is 3.77. The van der Waals surface area contributed by atoms with Crippen molar-refractivity contribution in [2.24, 2.45) is 0 Å². The average Bonchev–Trinajstić information content (AvgIpc) is 2.74. The third-order valence-electron chi connectivity index (χ3n) is 3.22. The minimum atomic E-state index is 0.612. The molecule has 0 aliphatic rings. The summed E-state index contributed by atoms with van der Waals surface area (Å²) in [6, 6.07) is 11.4. The van der Waals surface area contributed by atoms with E-state index in [1.807, 2.05) is 49.5 Å². The van der Waals surface area contributed by atoms with E-state index in [9.17, 15) is 0 Å². The van der Waals surface area contributed by atoms with Crippen molar-refractivity contribution in [2.75, 3.05) is 5.32 Å². The van der Waals surface area contributed by atoms with E-state index >= 15 is 0 Å². The van der Waals surface area contributed by atoms with Crippen molar-refractivity contribution in [1.82, 2.24) is 9.38 Å². The van der Waals surface area contributed by atoms with Gasteiger partial charge < -0.3 is 9.72 Å². The lowest BCUT2D eigenvalue weighted by Crippen LogP contribution is -2.04. The number of nitrogens with zero attached hydrogens (tertiary/aromatic N) is 2. The lowest BCUT2D eigenvalue weighted by atomic mass is 10.3. The zero-order valence-corrected chi connectivity index (χ0v) is 12.4. The Morgan fingerprint density at radius 1 is 1.10 bits per heavy atom. The molecule has 3 rings (SSSR count). The van der Waals surface area contributed by atoms with Gasteiger partial charge in [0.2, 0.25) is 0 Å². The predicted octanol–water partition coefficient (Wildman–Crippen LogP) is 4.56. The van der Waals surface area contributed by atoms with Crippen LogP contribution in [0.15, 0.2) is 42.6 Å². The van der Waals surface area contributed by atoms with Crippen molar-refractivity contribution in [2.45, 2.75) is 13.5 Å². The number of hydrogen-bond acceptors (Lipinski definition) is 2. The maximum Gasteiger partial charge on any atom is 0.137 e. The van der Waals surface area contributed by atoms with Crippen molar-refractivity contribution in [3.05, 3.63) is 64.0 Å². The highest BCUT2D eigenvalue weighted by Gasteiger charge is 2.10.